The Kier molecular flexibility index (Phi) is 3.69. The minimum absolute atomic E-state index is 0.0580. The number of nitrogens with zero attached hydrogens (tertiary/aromatic N) is 3. The molecule has 3 nitrogen and oxygen atoms in total. The van der Waals surface area contributed by atoms with Crippen molar-refractivity contribution in [2.45, 2.75) is 57.8 Å². The Balaban J connectivity index is 1.44. The van der Waals surface area contributed by atoms with E-state index >= 15 is 0 Å². The minimum Gasteiger partial charge on any atom is -0.210 e. The first-order chi connectivity index (χ1) is 12.2. The second kappa shape index (κ2) is 5.66. The molecule has 4 heteroatoms. The minimum atomic E-state index is 0.0580. The third kappa shape index (κ3) is 2.31. The molecule has 140 valence electrons. The van der Waals surface area contributed by atoms with Gasteiger partial charge in [-0.15, -0.1) is 0 Å². The van der Waals surface area contributed by atoms with E-state index in [2.05, 4.69) is 0 Å². The van der Waals surface area contributed by atoms with Crippen molar-refractivity contribution in [2.24, 2.45) is 17.8 Å². The molecule has 0 aromatic heterocycles. The van der Waals surface area contributed by atoms with Crippen molar-refractivity contribution in [1.29, 1.82) is 0 Å². The summed E-state index contributed by atoms with van der Waals surface area (Å²) >= 11 is 0. The van der Waals surface area contributed by atoms with Gasteiger partial charge in [-0.05, 0) is 17.8 Å². The van der Waals surface area contributed by atoms with Gasteiger partial charge in [-0.1, -0.05) is 0 Å². The molecule has 0 unspecified atom stereocenters. The molecule has 0 amide bonds. The van der Waals surface area contributed by atoms with Gasteiger partial charge >= 0.3 is 8.37 Å². The summed E-state index contributed by atoms with van der Waals surface area (Å²) in [4.78, 5) is 0. The van der Waals surface area contributed by atoms with Gasteiger partial charge in [-0.2, -0.15) is 0 Å². The maximum atomic E-state index is 1.63. The molecule has 9 heterocycles. The van der Waals surface area contributed by atoms with Crippen LogP contribution in [0.1, 0.15) is 57.8 Å². The Labute approximate surface area is 156 Å². The molecular formula is C21H39N3P+3. The summed E-state index contributed by atoms with van der Waals surface area (Å²) in [5, 5.41) is 0. The lowest BCUT2D eigenvalue weighted by atomic mass is 9.88. The first-order valence-corrected chi connectivity index (χ1v) is 12.8. The molecule has 0 aromatic carbocycles. The van der Waals surface area contributed by atoms with Gasteiger partial charge in [0.25, 0.3) is 0 Å². The summed E-state index contributed by atoms with van der Waals surface area (Å²) in [7, 11) is 0.0580. The maximum absolute atomic E-state index is 1.63. The smallest absolute Gasteiger partial charge is 0.210 e. The number of hydrogen-bond acceptors (Lipinski definition) is 0. The van der Waals surface area contributed by atoms with Crippen molar-refractivity contribution in [2.75, 3.05) is 58.9 Å². The average molecular weight is 365 g/mol. The molecule has 0 radical (unpaired) electrons. The van der Waals surface area contributed by atoms with Gasteiger partial charge in [0.2, 0.25) is 0 Å². The summed E-state index contributed by atoms with van der Waals surface area (Å²) in [5.74, 6) is 3.32. The number of hydrogen-bond donors (Lipinski definition) is 0. The topological polar surface area (TPSA) is 0 Å². The number of rotatable bonds is 3. The fourth-order valence-electron chi connectivity index (χ4n) is 8.12. The second-order valence-electron chi connectivity index (χ2n) is 10.8. The second-order valence-corrected chi connectivity index (χ2v) is 13.8. The van der Waals surface area contributed by atoms with E-state index in [1.54, 1.807) is 129 Å². The molecule has 25 heavy (non-hydrogen) atoms. The van der Waals surface area contributed by atoms with Crippen LogP contribution in [0.5, 0.6) is 0 Å². The molecule has 9 aliphatic rings. The van der Waals surface area contributed by atoms with Gasteiger partial charge in [0.05, 0.1) is 58.9 Å². The van der Waals surface area contributed by atoms with E-state index in [0.29, 0.717) is 0 Å². The van der Waals surface area contributed by atoms with Crippen LogP contribution >= 0.6 is 8.37 Å². The molecule has 0 spiro atoms. The normalized spacial score (nSPS) is 55.4. The Morgan fingerprint density at radius 2 is 0.560 bits per heavy atom. The molecule has 9 saturated heterocycles. The van der Waals surface area contributed by atoms with E-state index in [-0.39, 0.29) is 8.37 Å². The molecule has 0 saturated carbocycles. The summed E-state index contributed by atoms with van der Waals surface area (Å²) in [6.45, 7) is 14.2. The molecule has 9 fully saturated rings. The Morgan fingerprint density at radius 1 is 0.360 bits per heavy atom. The van der Waals surface area contributed by atoms with E-state index in [1.165, 1.54) is 0 Å². The summed E-state index contributed by atoms with van der Waals surface area (Å²) < 4.78 is 4.88. The predicted octanol–water partition coefficient (Wildman–Crippen LogP) is 4.10. The molecule has 9 aliphatic heterocycles. The van der Waals surface area contributed by atoms with Gasteiger partial charge in [0, 0.05) is 57.8 Å². The third-order valence-electron chi connectivity index (χ3n) is 9.72. The van der Waals surface area contributed by atoms with Crippen molar-refractivity contribution in [3.8, 4) is 0 Å². The van der Waals surface area contributed by atoms with Crippen molar-refractivity contribution in [1.82, 2.24) is 0 Å². The van der Waals surface area contributed by atoms with E-state index in [1.807, 2.05) is 0 Å². The molecule has 9 rings (SSSR count). The average Bonchev–Trinajstić information content (AvgIpc) is 2.71. The first-order valence-electron chi connectivity index (χ1n) is 11.6. The fourth-order valence-corrected chi connectivity index (χ4v) is 13.2. The highest BCUT2D eigenvalue weighted by Crippen LogP contribution is 2.70. The van der Waals surface area contributed by atoms with E-state index in [4.69, 9.17) is 0 Å². The Bertz CT molecular complexity index is 408. The zero-order valence-corrected chi connectivity index (χ0v) is 17.1. The zero-order valence-electron chi connectivity index (χ0n) is 16.2. The molecule has 0 N–H and O–H groups in total. The fraction of sp³-hybridized carbons (Fsp3) is 1.00. The Hall–Kier alpha value is 0.310. The molecule has 0 aromatic rings. The van der Waals surface area contributed by atoms with E-state index < -0.39 is 0 Å². The van der Waals surface area contributed by atoms with Gasteiger partial charge < -0.3 is 0 Å². The van der Waals surface area contributed by atoms with Crippen LogP contribution in [-0.2, 0) is 0 Å². The third-order valence-corrected chi connectivity index (χ3v) is 13.8. The number of fused-ring (bicyclic) bond motifs is 9. The quantitative estimate of drug-likeness (QED) is 0.661. The summed E-state index contributed by atoms with van der Waals surface area (Å²) in [6, 6.07) is 0. The standard InChI is InChI=1S/C21H39N3P/c1-10-22(11-2-19(1)3-12-22)25(23-13-4-20(5-14-23)6-15-23)24-16-7-21(8-17-24)9-18-24/h19-21H,1-18H2/q+3. The van der Waals surface area contributed by atoms with Crippen LogP contribution in [0.3, 0.4) is 0 Å². The predicted molar refractivity (Wildman–Crippen MR) is 104 cm³/mol. The van der Waals surface area contributed by atoms with Crippen LogP contribution in [-0.4, -0.2) is 71.7 Å². The lowest BCUT2D eigenvalue weighted by molar-refractivity contribution is -1.00. The van der Waals surface area contributed by atoms with Crippen molar-refractivity contribution < 1.29 is 12.8 Å². The van der Waals surface area contributed by atoms with Crippen LogP contribution < -0.4 is 0 Å². The lowest BCUT2D eigenvalue weighted by Gasteiger charge is -2.63. The van der Waals surface area contributed by atoms with Crippen LogP contribution in [0.25, 0.3) is 0 Å². The highest BCUT2D eigenvalue weighted by Gasteiger charge is 2.71. The van der Waals surface area contributed by atoms with Crippen LogP contribution in [0.2, 0.25) is 0 Å². The molecule has 0 atom stereocenters. The highest BCUT2D eigenvalue weighted by atomic mass is 31.2. The summed E-state index contributed by atoms with van der Waals surface area (Å²) in [6.07, 6.45) is 14.2. The van der Waals surface area contributed by atoms with Gasteiger partial charge in [-0.25, -0.2) is 12.8 Å². The monoisotopic (exact) mass is 364 g/mol. The summed E-state index contributed by atoms with van der Waals surface area (Å²) in [5.41, 5.74) is 0. The van der Waals surface area contributed by atoms with E-state index in [9.17, 15) is 0 Å². The van der Waals surface area contributed by atoms with Gasteiger partial charge in [0.15, 0.2) is 0 Å². The number of piperidine rings is 9. The van der Waals surface area contributed by atoms with Crippen LogP contribution in [0, 0.1) is 17.8 Å². The first kappa shape index (κ1) is 16.3. The van der Waals surface area contributed by atoms with Crippen molar-refractivity contribution in [3.05, 3.63) is 0 Å². The molecular weight excluding hydrogens is 325 g/mol. The van der Waals surface area contributed by atoms with Crippen LogP contribution in [0.4, 0.5) is 0 Å². The lowest BCUT2D eigenvalue weighted by Crippen LogP contribution is -2.72. The zero-order chi connectivity index (χ0) is 16.5. The van der Waals surface area contributed by atoms with Crippen molar-refractivity contribution in [3.63, 3.8) is 0 Å². The highest BCUT2D eigenvalue weighted by molar-refractivity contribution is 7.39. The van der Waals surface area contributed by atoms with Crippen molar-refractivity contribution >= 4 is 8.37 Å². The number of quaternary nitrogens is 3. The maximum Gasteiger partial charge on any atom is 0.553 e. The van der Waals surface area contributed by atoms with Crippen LogP contribution in [0.15, 0.2) is 0 Å². The molecule has 0 aliphatic carbocycles. The van der Waals surface area contributed by atoms with Gasteiger partial charge in [0.1, 0.15) is 0 Å². The molecule has 6 bridgehead atoms. The largest absolute Gasteiger partial charge is 0.553 e. The van der Waals surface area contributed by atoms with Gasteiger partial charge in [-0.3, -0.25) is 0 Å². The SMILES string of the molecule is C1C[N+]2(P([N+]34CCC(CC3)CC4)[N+]34CCC(CC3)CC4)CCC1CC2. The van der Waals surface area contributed by atoms with E-state index in [0.717, 1.165) is 17.8 Å². The Morgan fingerprint density at radius 3 is 0.760 bits per heavy atom.